The molecular weight excluding hydrogens is 530 g/mol. The number of nitrogens with one attached hydrogen (secondary N) is 2. The SMILES string of the molecule is CCS(=O)(=O)Nc1cc(-c2cn(C)c(=O)c3[nH]ccc23)cc2c1nc(C)n2Cc1ccc(Br)cc1. The number of rotatable bonds is 6. The summed E-state index contributed by atoms with van der Waals surface area (Å²) < 4.78 is 32.4. The van der Waals surface area contributed by atoms with Crippen molar-refractivity contribution in [3.8, 4) is 11.1 Å². The number of anilines is 1. The summed E-state index contributed by atoms with van der Waals surface area (Å²) in [6.45, 7) is 4.08. The maximum atomic E-state index is 12.6. The maximum Gasteiger partial charge on any atom is 0.274 e. The molecule has 0 amide bonds. The Morgan fingerprint density at radius 3 is 2.60 bits per heavy atom. The molecule has 5 aromatic rings. The van der Waals surface area contributed by atoms with Crippen LogP contribution in [0.2, 0.25) is 0 Å². The van der Waals surface area contributed by atoms with Crippen LogP contribution in [0.4, 0.5) is 5.69 Å². The van der Waals surface area contributed by atoms with Crippen LogP contribution in [0.1, 0.15) is 18.3 Å². The number of sulfonamides is 1. The highest BCUT2D eigenvalue weighted by molar-refractivity contribution is 9.10. The zero-order chi connectivity index (χ0) is 24.9. The van der Waals surface area contributed by atoms with Crippen molar-refractivity contribution in [3.05, 3.63) is 81.1 Å². The Morgan fingerprint density at radius 1 is 1.14 bits per heavy atom. The van der Waals surface area contributed by atoms with Crippen molar-refractivity contribution in [1.29, 1.82) is 0 Å². The smallest absolute Gasteiger partial charge is 0.274 e. The predicted molar refractivity (Wildman–Crippen MR) is 143 cm³/mol. The van der Waals surface area contributed by atoms with Crippen LogP contribution >= 0.6 is 15.9 Å². The number of imidazole rings is 1. The lowest BCUT2D eigenvalue weighted by Gasteiger charge is -2.13. The molecule has 0 saturated carbocycles. The lowest BCUT2D eigenvalue weighted by atomic mass is 10.0. The molecule has 0 aliphatic rings. The molecule has 10 heteroatoms. The molecule has 0 bridgehead atoms. The molecule has 0 atom stereocenters. The standard InChI is InChI=1S/C25H24BrN5O3S/c1-4-35(33,34)29-21-11-17(20-14-30(3)25(32)23-19(20)9-10-27-23)12-22-24(21)28-15(2)31(22)13-16-5-7-18(26)8-6-16/h5-12,14,27,29H,4,13H2,1-3H3. The van der Waals surface area contributed by atoms with Crippen LogP contribution < -0.4 is 10.3 Å². The number of benzene rings is 2. The molecule has 0 radical (unpaired) electrons. The van der Waals surface area contributed by atoms with Crippen molar-refractivity contribution in [2.75, 3.05) is 10.5 Å². The number of aromatic amines is 1. The highest BCUT2D eigenvalue weighted by Gasteiger charge is 2.19. The van der Waals surface area contributed by atoms with E-state index in [1.165, 1.54) is 4.57 Å². The molecule has 0 saturated heterocycles. The number of hydrogen-bond donors (Lipinski definition) is 2. The largest absolute Gasteiger partial charge is 0.357 e. The first-order valence-electron chi connectivity index (χ1n) is 11.1. The molecule has 2 aromatic carbocycles. The summed E-state index contributed by atoms with van der Waals surface area (Å²) >= 11 is 3.47. The Morgan fingerprint density at radius 2 is 1.89 bits per heavy atom. The van der Waals surface area contributed by atoms with Crippen LogP contribution in [0.25, 0.3) is 33.1 Å². The minimum Gasteiger partial charge on any atom is -0.357 e. The Kier molecular flexibility index (Phi) is 5.80. The molecule has 0 spiro atoms. The molecule has 8 nitrogen and oxygen atoms in total. The van der Waals surface area contributed by atoms with Gasteiger partial charge in [0.1, 0.15) is 16.9 Å². The minimum atomic E-state index is -3.54. The molecule has 0 unspecified atom stereocenters. The summed E-state index contributed by atoms with van der Waals surface area (Å²) in [6, 6.07) is 13.7. The summed E-state index contributed by atoms with van der Waals surface area (Å²) in [6.07, 6.45) is 3.51. The van der Waals surface area contributed by atoms with Gasteiger partial charge in [0.05, 0.1) is 17.0 Å². The van der Waals surface area contributed by atoms with E-state index in [9.17, 15) is 13.2 Å². The maximum absolute atomic E-state index is 12.6. The number of H-pyrrole nitrogens is 1. The third-order valence-corrected chi connectivity index (χ3v) is 7.97. The molecule has 3 heterocycles. The van der Waals surface area contributed by atoms with E-state index in [1.807, 2.05) is 43.3 Å². The first kappa shape index (κ1) is 23.4. The summed E-state index contributed by atoms with van der Waals surface area (Å²) in [4.78, 5) is 20.3. The predicted octanol–water partition coefficient (Wildman–Crippen LogP) is 4.76. The summed E-state index contributed by atoms with van der Waals surface area (Å²) in [5.74, 6) is 0.711. The number of pyridine rings is 1. The Bertz CT molecular complexity index is 1750. The zero-order valence-electron chi connectivity index (χ0n) is 19.5. The molecule has 3 aromatic heterocycles. The molecule has 0 aliphatic carbocycles. The van der Waals surface area contributed by atoms with E-state index in [1.54, 1.807) is 32.4 Å². The van der Waals surface area contributed by atoms with Crippen LogP contribution in [-0.4, -0.2) is 33.3 Å². The van der Waals surface area contributed by atoms with Gasteiger partial charge in [-0.1, -0.05) is 28.1 Å². The lowest BCUT2D eigenvalue weighted by molar-refractivity contribution is 0.602. The van der Waals surface area contributed by atoms with Crippen molar-refractivity contribution in [3.63, 3.8) is 0 Å². The average Bonchev–Trinajstić information content (AvgIpc) is 3.43. The summed E-state index contributed by atoms with van der Waals surface area (Å²) in [5.41, 5.74) is 4.85. The van der Waals surface area contributed by atoms with Gasteiger partial charge in [-0.3, -0.25) is 9.52 Å². The molecule has 180 valence electrons. The Balaban J connectivity index is 1.78. The van der Waals surface area contributed by atoms with Crippen molar-refractivity contribution in [2.24, 2.45) is 7.05 Å². The van der Waals surface area contributed by atoms with E-state index in [4.69, 9.17) is 4.98 Å². The molecule has 35 heavy (non-hydrogen) atoms. The van der Waals surface area contributed by atoms with E-state index < -0.39 is 10.0 Å². The third-order valence-electron chi connectivity index (χ3n) is 6.15. The van der Waals surface area contributed by atoms with Gasteiger partial charge in [0.2, 0.25) is 10.0 Å². The highest BCUT2D eigenvalue weighted by atomic mass is 79.9. The van der Waals surface area contributed by atoms with E-state index in [-0.39, 0.29) is 11.3 Å². The van der Waals surface area contributed by atoms with Crippen LogP contribution in [0, 0.1) is 6.92 Å². The third kappa shape index (κ3) is 4.28. The van der Waals surface area contributed by atoms with Crippen molar-refractivity contribution < 1.29 is 8.42 Å². The van der Waals surface area contributed by atoms with Gasteiger partial charge in [-0.25, -0.2) is 13.4 Å². The second-order valence-corrected chi connectivity index (χ2v) is 11.4. The molecule has 2 N–H and O–H groups in total. The van der Waals surface area contributed by atoms with Gasteiger partial charge in [0.15, 0.2) is 0 Å². The van der Waals surface area contributed by atoms with Gasteiger partial charge in [-0.15, -0.1) is 0 Å². The second-order valence-electron chi connectivity index (χ2n) is 8.49. The van der Waals surface area contributed by atoms with Crippen LogP contribution in [-0.2, 0) is 23.6 Å². The number of fused-ring (bicyclic) bond motifs is 2. The first-order valence-corrected chi connectivity index (χ1v) is 13.5. The van der Waals surface area contributed by atoms with E-state index in [0.29, 0.717) is 23.3 Å². The molecular formula is C25H24BrN5O3S. The topological polar surface area (TPSA) is 102 Å². The fourth-order valence-electron chi connectivity index (χ4n) is 4.28. The van der Waals surface area contributed by atoms with Gasteiger partial charge in [-0.05, 0) is 55.3 Å². The monoisotopic (exact) mass is 553 g/mol. The van der Waals surface area contributed by atoms with Crippen molar-refractivity contribution >= 4 is 53.6 Å². The molecule has 0 fully saturated rings. The van der Waals surface area contributed by atoms with Crippen LogP contribution in [0.5, 0.6) is 0 Å². The normalized spacial score (nSPS) is 12.0. The van der Waals surface area contributed by atoms with E-state index in [0.717, 1.165) is 37.9 Å². The van der Waals surface area contributed by atoms with Gasteiger partial charge in [0.25, 0.3) is 5.56 Å². The molecule has 5 rings (SSSR count). The Hall–Kier alpha value is -3.37. The zero-order valence-corrected chi connectivity index (χ0v) is 21.9. The number of halogens is 1. The average molecular weight is 554 g/mol. The van der Waals surface area contributed by atoms with Crippen molar-refractivity contribution in [2.45, 2.75) is 20.4 Å². The highest BCUT2D eigenvalue weighted by Crippen LogP contribution is 2.35. The fourth-order valence-corrected chi connectivity index (χ4v) is 5.18. The number of aromatic nitrogens is 4. The lowest BCUT2D eigenvalue weighted by Crippen LogP contribution is -2.17. The van der Waals surface area contributed by atoms with E-state index in [2.05, 4.69) is 30.2 Å². The van der Waals surface area contributed by atoms with Crippen LogP contribution in [0.15, 0.2) is 64.1 Å². The van der Waals surface area contributed by atoms with Gasteiger partial charge >= 0.3 is 0 Å². The summed E-state index contributed by atoms with van der Waals surface area (Å²) in [7, 11) is -1.84. The van der Waals surface area contributed by atoms with E-state index >= 15 is 0 Å². The molecule has 0 aliphatic heterocycles. The fraction of sp³-hybridized carbons (Fsp3) is 0.200. The number of aryl methyl sites for hydroxylation is 2. The minimum absolute atomic E-state index is 0.0563. The van der Waals surface area contributed by atoms with Crippen LogP contribution in [0.3, 0.4) is 0 Å². The van der Waals surface area contributed by atoms with Gasteiger partial charge in [0, 0.05) is 41.4 Å². The first-order chi connectivity index (χ1) is 16.7. The number of nitrogens with zero attached hydrogens (tertiary/aromatic N) is 3. The van der Waals surface area contributed by atoms with Gasteiger partial charge < -0.3 is 14.1 Å². The summed E-state index contributed by atoms with van der Waals surface area (Å²) in [5, 5.41) is 0.771. The van der Waals surface area contributed by atoms with Gasteiger partial charge in [-0.2, -0.15) is 0 Å². The Labute approximate surface area is 210 Å². The quantitative estimate of drug-likeness (QED) is 0.316. The van der Waals surface area contributed by atoms with Crippen molar-refractivity contribution in [1.82, 2.24) is 19.1 Å². The number of hydrogen-bond acceptors (Lipinski definition) is 4. The second kappa shape index (κ2) is 8.69.